The zero-order valence-corrected chi connectivity index (χ0v) is 8.78. The van der Waals surface area contributed by atoms with E-state index in [1.165, 1.54) is 12.1 Å². The molecule has 0 saturated carbocycles. The highest BCUT2D eigenvalue weighted by Gasteiger charge is 2.05. The number of nitro benzene ring substituents is 1. The van der Waals surface area contributed by atoms with Crippen molar-refractivity contribution in [1.82, 2.24) is 9.55 Å². The summed E-state index contributed by atoms with van der Waals surface area (Å²) in [5, 5.41) is 19.3. The van der Waals surface area contributed by atoms with Gasteiger partial charge in [-0.3, -0.25) is 10.1 Å². The van der Waals surface area contributed by atoms with Crippen molar-refractivity contribution in [2.45, 2.75) is 6.54 Å². The number of nitro groups is 1. The van der Waals surface area contributed by atoms with E-state index in [0.717, 1.165) is 5.56 Å². The Hall–Kier alpha value is -2.68. The van der Waals surface area contributed by atoms with E-state index in [-0.39, 0.29) is 5.69 Å². The number of non-ortho nitro benzene ring substituents is 1. The number of imidazole rings is 1. The third-order valence-corrected chi connectivity index (χ3v) is 2.32. The molecule has 6 heteroatoms. The molecule has 0 amide bonds. The molecule has 17 heavy (non-hydrogen) atoms. The van der Waals surface area contributed by atoms with Gasteiger partial charge in [-0.2, -0.15) is 5.26 Å². The lowest BCUT2D eigenvalue weighted by atomic mass is 10.2. The fraction of sp³-hybridized carbons (Fsp3) is 0.0909. The molecule has 0 radical (unpaired) electrons. The fourth-order valence-corrected chi connectivity index (χ4v) is 1.47. The summed E-state index contributed by atoms with van der Waals surface area (Å²) in [4.78, 5) is 13.9. The molecular formula is C11H8N4O2. The molecule has 1 heterocycles. The van der Waals surface area contributed by atoms with Crippen LogP contribution in [0.4, 0.5) is 5.69 Å². The first-order valence-electron chi connectivity index (χ1n) is 4.85. The molecule has 0 unspecified atom stereocenters. The monoisotopic (exact) mass is 228 g/mol. The number of hydrogen-bond acceptors (Lipinski definition) is 4. The lowest BCUT2D eigenvalue weighted by Crippen LogP contribution is -2.01. The Bertz CT molecular complexity index is 580. The Morgan fingerprint density at radius 2 is 2.12 bits per heavy atom. The summed E-state index contributed by atoms with van der Waals surface area (Å²) in [7, 11) is 0. The maximum Gasteiger partial charge on any atom is 0.269 e. The molecule has 1 aromatic carbocycles. The van der Waals surface area contributed by atoms with E-state index >= 15 is 0 Å². The molecule has 0 saturated heterocycles. The highest BCUT2D eigenvalue weighted by molar-refractivity contribution is 5.33. The number of nitrogens with zero attached hydrogens (tertiary/aromatic N) is 4. The second-order valence-electron chi connectivity index (χ2n) is 3.41. The fourth-order valence-electron chi connectivity index (χ4n) is 1.47. The third kappa shape index (κ3) is 2.29. The minimum atomic E-state index is -0.443. The lowest BCUT2D eigenvalue weighted by Gasteiger charge is -2.03. The van der Waals surface area contributed by atoms with Gasteiger partial charge in [0, 0.05) is 31.1 Å². The summed E-state index contributed by atoms with van der Waals surface area (Å²) < 4.78 is 1.68. The zero-order valence-electron chi connectivity index (χ0n) is 8.78. The number of aromatic nitrogens is 2. The van der Waals surface area contributed by atoms with Gasteiger partial charge in [-0.15, -0.1) is 0 Å². The third-order valence-electron chi connectivity index (χ3n) is 2.32. The largest absolute Gasteiger partial charge is 0.318 e. The molecule has 2 aromatic rings. The van der Waals surface area contributed by atoms with Crippen LogP contribution < -0.4 is 0 Å². The van der Waals surface area contributed by atoms with Crippen molar-refractivity contribution in [1.29, 1.82) is 5.26 Å². The second kappa shape index (κ2) is 4.45. The zero-order chi connectivity index (χ0) is 12.3. The van der Waals surface area contributed by atoms with Crippen molar-refractivity contribution < 1.29 is 4.92 Å². The van der Waals surface area contributed by atoms with Gasteiger partial charge in [0.1, 0.15) is 6.07 Å². The van der Waals surface area contributed by atoms with Crippen molar-refractivity contribution in [3.63, 3.8) is 0 Å². The Morgan fingerprint density at radius 3 is 2.71 bits per heavy atom. The summed E-state index contributed by atoms with van der Waals surface area (Å²) in [5.41, 5.74) is 0.935. The average molecular weight is 228 g/mol. The van der Waals surface area contributed by atoms with Crippen molar-refractivity contribution in [3.05, 3.63) is 58.2 Å². The van der Waals surface area contributed by atoms with E-state index in [2.05, 4.69) is 4.98 Å². The van der Waals surface area contributed by atoms with Crippen LogP contribution >= 0.6 is 0 Å². The first kappa shape index (κ1) is 10.8. The Kier molecular flexibility index (Phi) is 2.83. The van der Waals surface area contributed by atoms with E-state index < -0.39 is 4.92 Å². The van der Waals surface area contributed by atoms with Gasteiger partial charge in [0.15, 0.2) is 0 Å². The normalized spacial score (nSPS) is 9.82. The van der Waals surface area contributed by atoms with Crippen LogP contribution in [0.25, 0.3) is 0 Å². The SMILES string of the molecule is N#Cc1nccn1Cc1ccc([N+](=O)[O-])cc1. The highest BCUT2D eigenvalue weighted by atomic mass is 16.6. The van der Waals surface area contributed by atoms with Crippen LogP contribution in [0.2, 0.25) is 0 Å². The number of rotatable bonds is 3. The first-order chi connectivity index (χ1) is 8.20. The van der Waals surface area contributed by atoms with Gasteiger partial charge in [-0.25, -0.2) is 4.98 Å². The summed E-state index contributed by atoms with van der Waals surface area (Å²) in [6, 6.07) is 8.19. The summed E-state index contributed by atoms with van der Waals surface area (Å²) in [6.07, 6.45) is 3.24. The quantitative estimate of drug-likeness (QED) is 0.591. The molecule has 0 bridgehead atoms. The molecule has 0 fully saturated rings. The number of hydrogen-bond donors (Lipinski definition) is 0. The molecule has 0 spiro atoms. The molecule has 1 aromatic heterocycles. The van der Waals surface area contributed by atoms with Gasteiger partial charge < -0.3 is 4.57 Å². The Labute approximate surface area is 96.9 Å². The lowest BCUT2D eigenvalue weighted by molar-refractivity contribution is -0.384. The van der Waals surface area contributed by atoms with Crippen molar-refractivity contribution in [2.75, 3.05) is 0 Å². The first-order valence-corrected chi connectivity index (χ1v) is 4.85. The topological polar surface area (TPSA) is 84.8 Å². The number of benzene rings is 1. The van der Waals surface area contributed by atoms with Gasteiger partial charge in [0.05, 0.1) is 4.92 Å². The maximum absolute atomic E-state index is 10.5. The molecule has 0 N–H and O–H groups in total. The Morgan fingerprint density at radius 1 is 1.41 bits per heavy atom. The van der Waals surface area contributed by atoms with Crippen LogP contribution in [0.3, 0.4) is 0 Å². The van der Waals surface area contributed by atoms with Gasteiger partial charge in [-0.1, -0.05) is 12.1 Å². The summed E-state index contributed by atoms with van der Waals surface area (Å²) in [6.45, 7) is 0.473. The molecule has 0 aliphatic carbocycles. The minimum Gasteiger partial charge on any atom is -0.318 e. The molecule has 84 valence electrons. The van der Waals surface area contributed by atoms with E-state index in [9.17, 15) is 10.1 Å². The Balaban J connectivity index is 2.20. The smallest absolute Gasteiger partial charge is 0.269 e. The van der Waals surface area contributed by atoms with Gasteiger partial charge in [-0.05, 0) is 5.56 Å². The molecule has 0 atom stereocenters. The molecule has 0 aliphatic heterocycles. The van der Waals surface area contributed by atoms with E-state index in [1.54, 1.807) is 29.1 Å². The molecule has 0 aliphatic rings. The van der Waals surface area contributed by atoms with E-state index in [1.807, 2.05) is 6.07 Å². The molecule has 6 nitrogen and oxygen atoms in total. The second-order valence-corrected chi connectivity index (χ2v) is 3.41. The van der Waals surface area contributed by atoms with Gasteiger partial charge in [0.2, 0.25) is 5.82 Å². The average Bonchev–Trinajstić information content (AvgIpc) is 2.77. The predicted octanol–water partition coefficient (Wildman–Crippen LogP) is 1.71. The van der Waals surface area contributed by atoms with Crippen molar-refractivity contribution >= 4 is 5.69 Å². The van der Waals surface area contributed by atoms with Crippen LogP contribution in [0.1, 0.15) is 11.4 Å². The van der Waals surface area contributed by atoms with Crippen molar-refractivity contribution in [2.24, 2.45) is 0 Å². The highest BCUT2D eigenvalue weighted by Crippen LogP contribution is 2.13. The molecule has 2 rings (SSSR count). The van der Waals surface area contributed by atoms with Crippen LogP contribution in [0.15, 0.2) is 36.7 Å². The van der Waals surface area contributed by atoms with Crippen LogP contribution in [0.5, 0.6) is 0 Å². The minimum absolute atomic E-state index is 0.0555. The van der Waals surface area contributed by atoms with Crippen LogP contribution in [-0.4, -0.2) is 14.5 Å². The maximum atomic E-state index is 10.5. The van der Waals surface area contributed by atoms with Gasteiger partial charge in [0.25, 0.3) is 5.69 Å². The van der Waals surface area contributed by atoms with Crippen LogP contribution in [0, 0.1) is 21.4 Å². The van der Waals surface area contributed by atoms with Crippen LogP contribution in [-0.2, 0) is 6.54 Å². The molecular weight excluding hydrogens is 220 g/mol. The standard InChI is InChI=1S/C11H8N4O2/c12-7-11-13-5-6-14(11)8-9-1-3-10(4-2-9)15(16)17/h1-6H,8H2. The van der Waals surface area contributed by atoms with Crippen molar-refractivity contribution in [3.8, 4) is 6.07 Å². The summed E-state index contributed by atoms with van der Waals surface area (Å²) >= 11 is 0. The number of nitriles is 1. The van der Waals surface area contributed by atoms with E-state index in [4.69, 9.17) is 5.26 Å². The summed E-state index contributed by atoms with van der Waals surface area (Å²) in [5.74, 6) is 0.323. The predicted molar refractivity (Wildman–Crippen MR) is 59.1 cm³/mol. The van der Waals surface area contributed by atoms with Gasteiger partial charge >= 0.3 is 0 Å². The van der Waals surface area contributed by atoms with E-state index in [0.29, 0.717) is 12.4 Å².